The maximum atomic E-state index is 13.5. The largest absolute Gasteiger partial charge is 0.478 e. The van der Waals surface area contributed by atoms with E-state index in [9.17, 15) is 9.18 Å². The Bertz CT molecular complexity index is 636. The molecule has 2 aromatic rings. The van der Waals surface area contributed by atoms with E-state index in [1.165, 1.54) is 17.7 Å². The summed E-state index contributed by atoms with van der Waals surface area (Å²) in [4.78, 5) is 10.7. The van der Waals surface area contributed by atoms with Gasteiger partial charge in [0, 0.05) is 12.2 Å². The van der Waals surface area contributed by atoms with Crippen LogP contribution in [0.4, 0.5) is 10.1 Å². The second-order valence-corrected chi connectivity index (χ2v) is 5.25. The standard InChI is InChI=1S/C17H18FNO2/c1-11(2)13-5-3-12(4-6-13)10-19-14-7-8-15(17(20)21)16(18)9-14/h3-9,11,19H,10H2,1-2H3,(H,20,21). The van der Waals surface area contributed by atoms with Crippen LogP contribution in [0.2, 0.25) is 0 Å². The molecule has 0 aliphatic heterocycles. The zero-order chi connectivity index (χ0) is 15.4. The molecule has 0 saturated carbocycles. The average Bonchev–Trinajstić information content (AvgIpc) is 2.45. The van der Waals surface area contributed by atoms with Gasteiger partial charge >= 0.3 is 5.97 Å². The molecule has 0 spiro atoms. The summed E-state index contributed by atoms with van der Waals surface area (Å²) in [7, 11) is 0. The van der Waals surface area contributed by atoms with Crippen molar-refractivity contribution in [3.05, 3.63) is 65.0 Å². The summed E-state index contributed by atoms with van der Waals surface area (Å²) >= 11 is 0. The number of benzene rings is 2. The summed E-state index contributed by atoms with van der Waals surface area (Å²) in [5.74, 6) is -1.50. The van der Waals surface area contributed by atoms with Crippen molar-refractivity contribution in [2.75, 3.05) is 5.32 Å². The molecule has 0 atom stereocenters. The lowest BCUT2D eigenvalue weighted by Crippen LogP contribution is -2.04. The topological polar surface area (TPSA) is 49.3 Å². The van der Waals surface area contributed by atoms with Gasteiger partial charge in [-0.05, 0) is 35.2 Å². The molecule has 110 valence electrons. The molecular weight excluding hydrogens is 269 g/mol. The predicted octanol–water partition coefficient (Wildman–Crippen LogP) is 4.26. The Kier molecular flexibility index (Phi) is 4.58. The molecule has 2 rings (SSSR count). The van der Waals surface area contributed by atoms with Crippen molar-refractivity contribution in [3.8, 4) is 0 Å². The minimum Gasteiger partial charge on any atom is -0.478 e. The Balaban J connectivity index is 2.03. The third-order valence-electron chi connectivity index (χ3n) is 3.34. The Morgan fingerprint density at radius 2 is 1.86 bits per heavy atom. The quantitative estimate of drug-likeness (QED) is 0.864. The summed E-state index contributed by atoms with van der Waals surface area (Å²) in [6.45, 7) is 4.84. The fourth-order valence-electron chi connectivity index (χ4n) is 2.02. The normalized spacial score (nSPS) is 10.7. The summed E-state index contributed by atoms with van der Waals surface area (Å²) in [5, 5.41) is 11.9. The van der Waals surface area contributed by atoms with Gasteiger partial charge in [0.05, 0.1) is 5.56 Å². The number of aromatic carboxylic acids is 1. The Morgan fingerprint density at radius 1 is 1.19 bits per heavy atom. The highest BCUT2D eigenvalue weighted by Gasteiger charge is 2.10. The number of carbonyl (C=O) groups is 1. The fraction of sp³-hybridized carbons (Fsp3) is 0.235. The van der Waals surface area contributed by atoms with Gasteiger partial charge in [0.1, 0.15) is 5.82 Å². The van der Waals surface area contributed by atoms with E-state index in [0.717, 1.165) is 5.56 Å². The molecule has 4 heteroatoms. The van der Waals surface area contributed by atoms with Crippen molar-refractivity contribution in [2.24, 2.45) is 0 Å². The molecule has 21 heavy (non-hydrogen) atoms. The van der Waals surface area contributed by atoms with Gasteiger partial charge in [-0.2, -0.15) is 0 Å². The van der Waals surface area contributed by atoms with Crippen molar-refractivity contribution < 1.29 is 14.3 Å². The van der Waals surface area contributed by atoms with Gasteiger partial charge in [-0.25, -0.2) is 9.18 Å². The Labute approximate surface area is 123 Å². The minimum atomic E-state index is -1.26. The van der Waals surface area contributed by atoms with Crippen LogP contribution < -0.4 is 5.32 Å². The van der Waals surface area contributed by atoms with Gasteiger partial charge in [0.25, 0.3) is 0 Å². The number of carboxylic acid groups (broad SMARTS) is 1. The first kappa shape index (κ1) is 15.0. The fourth-order valence-corrected chi connectivity index (χ4v) is 2.02. The molecule has 0 radical (unpaired) electrons. The van der Waals surface area contributed by atoms with Crippen molar-refractivity contribution in [3.63, 3.8) is 0 Å². The summed E-state index contributed by atoms with van der Waals surface area (Å²) in [5.41, 5.74) is 2.60. The van der Waals surface area contributed by atoms with Crippen molar-refractivity contribution >= 4 is 11.7 Å². The lowest BCUT2D eigenvalue weighted by molar-refractivity contribution is 0.0692. The van der Waals surface area contributed by atoms with E-state index in [-0.39, 0.29) is 5.56 Å². The number of rotatable bonds is 5. The van der Waals surface area contributed by atoms with E-state index in [0.29, 0.717) is 18.2 Å². The van der Waals surface area contributed by atoms with Crippen molar-refractivity contribution in [1.82, 2.24) is 0 Å². The van der Waals surface area contributed by atoms with Gasteiger partial charge in [-0.1, -0.05) is 38.1 Å². The molecule has 0 aliphatic rings. The molecule has 0 saturated heterocycles. The van der Waals surface area contributed by atoms with Crippen molar-refractivity contribution in [1.29, 1.82) is 0 Å². The highest BCUT2D eigenvalue weighted by molar-refractivity contribution is 5.88. The van der Waals surface area contributed by atoms with Gasteiger partial charge < -0.3 is 10.4 Å². The van der Waals surface area contributed by atoms with E-state index in [1.807, 2.05) is 12.1 Å². The maximum absolute atomic E-state index is 13.5. The van der Waals surface area contributed by atoms with E-state index in [1.54, 1.807) is 6.07 Å². The lowest BCUT2D eigenvalue weighted by Gasteiger charge is -2.09. The maximum Gasteiger partial charge on any atom is 0.338 e. The van der Waals surface area contributed by atoms with E-state index in [2.05, 4.69) is 31.3 Å². The second kappa shape index (κ2) is 6.39. The minimum absolute atomic E-state index is 0.318. The third-order valence-corrected chi connectivity index (χ3v) is 3.34. The van der Waals surface area contributed by atoms with Crippen LogP contribution in [0, 0.1) is 5.82 Å². The van der Waals surface area contributed by atoms with Crippen LogP contribution in [0.15, 0.2) is 42.5 Å². The van der Waals surface area contributed by atoms with Crippen molar-refractivity contribution in [2.45, 2.75) is 26.3 Å². The molecule has 0 unspecified atom stereocenters. The molecule has 2 aromatic carbocycles. The zero-order valence-corrected chi connectivity index (χ0v) is 12.1. The molecule has 0 aliphatic carbocycles. The first-order valence-electron chi connectivity index (χ1n) is 6.83. The number of anilines is 1. The zero-order valence-electron chi connectivity index (χ0n) is 12.1. The molecule has 0 bridgehead atoms. The van der Waals surface area contributed by atoms with Gasteiger partial charge in [0.15, 0.2) is 0 Å². The van der Waals surface area contributed by atoms with Crippen LogP contribution in [0.25, 0.3) is 0 Å². The van der Waals surface area contributed by atoms with Crippen LogP contribution in [0.5, 0.6) is 0 Å². The predicted molar refractivity (Wildman–Crippen MR) is 81.2 cm³/mol. The third kappa shape index (κ3) is 3.81. The van der Waals surface area contributed by atoms with Gasteiger partial charge in [-0.3, -0.25) is 0 Å². The average molecular weight is 287 g/mol. The van der Waals surface area contributed by atoms with Crippen LogP contribution in [-0.4, -0.2) is 11.1 Å². The first-order valence-corrected chi connectivity index (χ1v) is 6.83. The Morgan fingerprint density at radius 3 is 2.38 bits per heavy atom. The number of halogens is 1. The smallest absolute Gasteiger partial charge is 0.338 e. The molecule has 0 heterocycles. The van der Waals surface area contributed by atoms with Gasteiger partial charge in [0.2, 0.25) is 0 Å². The molecule has 0 amide bonds. The molecular formula is C17H18FNO2. The molecule has 2 N–H and O–H groups in total. The van der Waals surface area contributed by atoms with E-state index < -0.39 is 11.8 Å². The van der Waals surface area contributed by atoms with E-state index in [4.69, 9.17) is 5.11 Å². The summed E-state index contributed by atoms with van der Waals surface area (Å²) in [6.07, 6.45) is 0. The van der Waals surface area contributed by atoms with Gasteiger partial charge in [-0.15, -0.1) is 0 Å². The highest BCUT2D eigenvalue weighted by Crippen LogP contribution is 2.17. The van der Waals surface area contributed by atoms with Crippen LogP contribution in [-0.2, 0) is 6.54 Å². The molecule has 3 nitrogen and oxygen atoms in total. The molecule has 0 fully saturated rings. The van der Waals surface area contributed by atoms with Crippen LogP contribution >= 0.6 is 0 Å². The summed E-state index contributed by atoms with van der Waals surface area (Å²) < 4.78 is 13.5. The number of nitrogens with one attached hydrogen (secondary N) is 1. The molecule has 0 aromatic heterocycles. The SMILES string of the molecule is CC(C)c1ccc(CNc2ccc(C(=O)O)c(F)c2)cc1. The van der Waals surface area contributed by atoms with E-state index >= 15 is 0 Å². The second-order valence-electron chi connectivity index (χ2n) is 5.25. The number of hydrogen-bond donors (Lipinski definition) is 2. The summed E-state index contributed by atoms with van der Waals surface area (Å²) in [6, 6.07) is 12.3. The Hall–Kier alpha value is -2.36. The highest BCUT2D eigenvalue weighted by atomic mass is 19.1. The van der Waals surface area contributed by atoms with Crippen LogP contribution in [0.3, 0.4) is 0 Å². The lowest BCUT2D eigenvalue weighted by atomic mass is 10.0. The number of hydrogen-bond acceptors (Lipinski definition) is 2. The monoisotopic (exact) mass is 287 g/mol. The number of carboxylic acids is 1. The van der Waals surface area contributed by atoms with Crippen LogP contribution in [0.1, 0.15) is 41.3 Å². The first-order chi connectivity index (χ1) is 9.97.